The van der Waals surface area contributed by atoms with Crippen LogP contribution in [0.2, 0.25) is 0 Å². The van der Waals surface area contributed by atoms with Crippen molar-refractivity contribution < 1.29 is 41.2 Å². The summed E-state index contributed by atoms with van der Waals surface area (Å²) < 4.78 is 0. The van der Waals surface area contributed by atoms with Crippen LogP contribution in [0.15, 0.2) is 0 Å². The summed E-state index contributed by atoms with van der Waals surface area (Å²) in [6, 6.07) is 0. The van der Waals surface area contributed by atoms with E-state index in [0.717, 1.165) is 0 Å². The summed E-state index contributed by atoms with van der Waals surface area (Å²) in [6.45, 7) is 0. The average Bonchev–Trinajstić information content (AvgIpc) is 0.722. The van der Waals surface area contributed by atoms with E-state index in [2.05, 4.69) is 0 Å². The maximum atomic E-state index is 8.58. The Morgan fingerprint density at radius 2 is 0.875 bits per heavy atom. The van der Waals surface area contributed by atoms with Crippen LogP contribution in [0.4, 0.5) is 0 Å². The number of hydrogen-bond donors (Lipinski definition) is 0. The van der Waals surface area contributed by atoms with Crippen molar-refractivity contribution in [2.75, 3.05) is 0 Å². The molecule has 0 saturated carbocycles. The van der Waals surface area contributed by atoms with Crippen LogP contribution < -0.4 is 19.2 Å². The maximum absolute atomic E-state index is 8.58. The zero-order valence-electron chi connectivity index (χ0n) is 3.66. The fourth-order valence-electron chi connectivity index (χ4n) is 0. The largest absolute Gasteiger partial charge is 2.00 e. The average molecular weight is 193 g/mol. The van der Waals surface area contributed by atoms with E-state index in [1.165, 1.54) is 0 Å². The zero-order valence-corrected chi connectivity index (χ0v) is 7.06. The summed E-state index contributed by atoms with van der Waals surface area (Å²) in [5, 5.41) is 0. The second-order valence-corrected chi connectivity index (χ2v) is 1.50. The van der Waals surface area contributed by atoms with Crippen LogP contribution in [0.5, 0.6) is 0 Å². The summed E-state index contributed by atoms with van der Waals surface area (Å²) in [5.41, 5.74) is 0. The van der Waals surface area contributed by atoms with E-state index in [-0.39, 0.29) is 45.0 Å². The summed E-state index contributed by atoms with van der Waals surface area (Å²) in [5.74, 6) is 0. The first-order valence-corrected chi connectivity index (χ1v) is 2.45. The molecule has 2 N–H and O–H groups in total. The molecule has 0 heterocycles. The predicted octanol–water partition coefficient (Wildman–Crippen LogP) is -6.34. The minimum atomic E-state index is -5.61. The first-order chi connectivity index (χ1) is 2.00. The maximum Gasteiger partial charge on any atom is 2.00 e. The molecule has 8 heteroatoms. The smallest absolute Gasteiger partial charge is 0.894 e. The molecule has 0 aliphatic rings. The van der Waals surface area contributed by atoms with Gasteiger partial charge in [-0.3, -0.25) is 0 Å². The molecule has 0 unspecified atom stereocenters. The number of rotatable bonds is 0. The van der Waals surface area contributed by atoms with Crippen LogP contribution in [0.25, 0.3) is 0 Å². The van der Waals surface area contributed by atoms with Gasteiger partial charge >= 0.3 is 39.5 Å². The van der Waals surface area contributed by atoms with Crippen molar-refractivity contribution >= 4 is 32.1 Å². The molecular formula is H2MgNiO5Si. The molecule has 0 fully saturated rings. The fraction of sp³-hybridized carbons (Fsp3) is 0. The summed E-state index contributed by atoms with van der Waals surface area (Å²) in [6.07, 6.45) is 0. The van der Waals surface area contributed by atoms with E-state index in [9.17, 15) is 0 Å². The van der Waals surface area contributed by atoms with Gasteiger partial charge in [0.25, 0.3) is 0 Å². The monoisotopic (exact) mass is 192 g/mol. The van der Waals surface area contributed by atoms with Crippen molar-refractivity contribution in [3.8, 4) is 0 Å². The molecule has 0 aromatic rings. The molecule has 0 aliphatic heterocycles. The fourth-order valence-corrected chi connectivity index (χ4v) is 0. The molecule has 0 aromatic heterocycles. The van der Waals surface area contributed by atoms with Gasteiger partial charge in [-0.25, -0.2) is 0 Å². The molecule has 5 nitrogen and oxygen atoms in total. The predicted molar refractivity (Wildman–Crippen MR) is 15.1 cm³/mol. The molecule has 0 amide bonds. The third-order valence-corrected chi connectivity index (χ3v) is 0. The Bertz CT molecular complexity index is 27.9. The molecule has 0 atom stereocenters. The van der Waals surface area contributed by atoms with Crippen LogP contribution in [-0.2, 0) is 16.5 Å². The Hall–Kier alpha value is 1.28. The first-order valence-electron chi connectivity index (χ1n) is 0.816. The van der Waals surface area contributed by atoms with Crippen LogP contribution in [-0.4, -0.2) is 37.6 Å². The Kier molecular flexibility index (Phi) is 23.6. The van der Waals surface area contributed by atoms with Gasteiger partial charge in [0, 0.05) is 0 Å². The van der Waals surface area contributed by atoms with Gasteiger partial charge in [-0.15, -0.1) is 0 Å². The third kappa shape index (κ3) is 176. The minimum absolute atomic E-state index is 0. The topological polar surface area (TPSA) is 124 Å². The summed E-state index contributed by atoms with van der Waals surface area (Å²) >= 11 is 0. The molecule has 0 radical (unpaired) electrons. The van der Waals surface area contributed by atoms with Crippen molar-refractivity contribution in [3.05, 3.63) is 0 Å². The van der Waals surface area contributed by atoms with Crippen molar-refractivity contribution in [2.24, 2.45) is 0 Å². The Morgan fingerprint density at radius 3 is 0.875 bits per heavy atom. The van der Waals surface area contributed by atoms with Gasteiger partial charge in [0.2, 0.25) is 0 Å². The second kappa shape index (κ2) is 8.28. The van der Waals surface area contributed by atoms with Gasteiger partial charge in [-0.2, -0.15) is 0 Å². The Morgan fingerprint density at radius 1 is 0.875 bits per heavy atom. The van der Waals surface area contributed by atoms with Gasteiger partial charge in [0.05, 0.1) is 0 Å². The van der Waals surface area contributed by atoms with E-state index in [0.29, 0.717) is 0 Å². The van der Waals surface area contributed by atoms with Crippen molar-refractivity contribution in [2.45, 2.75) is 0 Å². The number of hydrogen-bond acceptors (Lipinski definition) is 4. The molecular weight excluding hydrogens is 191 g/mol. The molecule has 0 aromatic carbocycles. The van der Waals surface area contributed by atoms with E-state index in [4.69, 9.17) is 19.2 Å². The minimum Gasteiger partial charge on any atom is -0.894 e. The standard InChI is InChI=1S/Mg.Ni.O4Si.H2O/c;;1-5(2,3)4;/h;;;1H2/q2*+2;-4;. The quantitative estimate of drug-likeness (QED) is 0.355. The molecule has 48 valence electrons. The van der Waals surface area contributed by atoms with E-state index in [1.807, 2.05) is 0 Å². The molecule has 0 bridgehead atoms. The van der Waals surface area contributed by atoms with Crippen LogP contribution in [0.1, 0.15) is 0 Å². The Labute approximate surface area is 73.2 Å². The SMILES string of the molecule is O.[Mg+2].[Ni+2].[O-][Si]([O-])([O-])[O-]. The van der Waals surface area contributed by atoms with Crippen molar-refractivity contribution in [1.29, 1.82) is 0 Å². The van der Waals surface area contributed by atoms with E-state index in [1.54, 1.807) is 0 Å². The third-order valence-electron chi connectivity index (χ3n) is 0. The molecule has 0 aliphatic carbocycles. The summed E-state index contributed by atoms with van der Waals surface area (Å²) in [7, 11) is -5.61. The van der Waals surface area contributed by atoms with Gasteiger partial charge < -0.3 is 33.7 Å². The van der Waals surface area contributed by atoms with Gasteiger partial charge in [0.15, 0.2) is 0 Å². The van der Waals surface area contributed by atoms with Crippen LogP contribution in [0, 0.1) is 0 Å². The second-order valence-electron chi connectivity index (χ2n) is 0.500. The van der Waals surface area contributed by atoms with Gasteiger partial charge in [0.1, 0.15) is 0 Å². The van der Waals surface area contributed by atoms with Crippen molar-refractivity contribution in [3.63, 3.8) is 0 Å². The van der Waals surface area contributed by atoms with Gasteiger partial charge in [-0.05, 0) is 0 Å². The van der Waals surface area contributed by atoms with Crippen molar-refractivity contribution in [1.82, 2.24) is 0 Å². The zero-order chi connectivity index (χ0) is 4.50. The van der Waals surface area contributed by atoms with Crippen LogP contribution in [0.3, 0.4) is 0 Å². The molecule has 0 saturated heterocycles. The van der Waals surface area contributed by atoms with E-state index >= 15 is 0 Å². The summed E-state index contributed by atoms with van der Waals surface area (Å²) in [4.78, 5) is 34.3. The van der Waals surface area contributed by atoms with Crippen LogP contribution >= 0.6 is 0 Å². The Balaban J connectivity index is -0.0000000267. The molecule has 0 rings (SSSR count). The molecule has 0 spiro atoms. The molecule has 8 heavy (non-hydrogen) atoms. The first kappa shape index (κ1) is 22.8. The van der Waals surface area contributed by atoms with E-state index < -0.39 is 9.05 Å². The normalized spacial score (nSPS) is 7.50. The van der Waals surface area contributed by atoms with Gasteiger partial charge in [-0.1, -0.05) is 0 Å².